The SMILES string of the molecule is CCN1c2c(Cl)cc(F)c(N=C=O)c2CS1(=O)=O. The number of sulfonamides is 1. The topological polar surface area (TPSA) is 66.8 Å². The van der Waals surface area contributed by atoms with E-state index in [1.165, 1.54) is 6.08 Å². The van der Waals surface area contributed by atoms with Crippen molar-refractivity contribution >= 4 is 39.1 Å². The molecule has 0 radical (unpaired) electrons. The molecule has 0 saturated heterocycles. The molecule has 0 fully saturated rings. The summed E-state index contributed by atoms with van der Waals surface area (Å²) in [7, 11) is -3.58. The molecule has 0 amide bonds. The molecule has 5 nitrogen and oxygen atoms in total. The highest BCUT2D eigenvalue weighted by atomic mass is 35.5. The molecular formula is C10H8ClFN2O3S. The molecule has 1 aromatic carbocycles. The van der Waals surface area contributed by atoms with E-state index in [0.717, 1.165) is 10.4 Å². The summed E-state index contributed by atoms with van der Waals surface area (Å²) in [5, 5.41) is -0.0183. The molecule has 0 unspecified atom stereocenters. The third-order valence-corrected chi connectivity index (χ3v) is 4.69. The lowest BCUT2D eigenvalue weighted by atomic mass is 10.1. The maximum Gasteiger partial charge on any atom is 0.240 e. The van der Waals surface area contributed by atoms with Crippen molar-refractivity contribution < 1.29 is 17.6 Å². The lowest BCUT2D eigenvalue weighted by Gasteiger charge is -2.17. The number of rotatable bonds is 2. The largest absolute Gasteiger partial charge is 0.268 e. The summed E-state index contributed by atoms with van der Waals surface area (Å²) in [6.07, 6.45) is 1.21. The van der Waals surface area contributed by atoms with Crippen LogP contribution in [0.3, 0.4) is 0 Å². The number of hydrogen-bond acceptors (Lipinski definition) is 4. The summed E-state index contributed by atoms with van der Waals surface area (Å²) >= 11 is 5.86. The Bertz CT molecular complexity index is 668. The predicted molar refractivity (Wildman–Crippen MR) is 64.8 cm³/mol. The standard InChI is InChI=1S/C10H8ClFN2O3S/c1-2-14-10-6(4-18(14,16)17)9(13-5-15)8(12)3-7(10)11/h3H,2,4H2,1H3. The van der Waals surface area contributed by atoms with Crippen LogP contribution in [0.5, 0.6) is 0 Å². The summed E-state index contributed by atoms with van der Waals surface area (Å²) in [6, 6.07) is 0.945. The van der Waals surface area contributed by atoms with Gasteiger partial charge in [-0.1, -0.05) is 11.6 Å². The second kappa shape index (κ2) is 4.35. The molecular weight excluding hydrogens is 283 g/mol. The van der Waals surface area contributed by atoms with Gasteiger partial charge in [-0.05, 0) is 13.0 Å². The van der Waals surface area contributed by atoms with Crippen LogP contribution in [0.2, 0.25) is 5.02 Å². The first-order valence-electron chi connectivity index (χ1n) is 5.01. The van der Waals surface area contributed by atoms with Crippen LogP contribution in [0.25, 0.3) is 0 Å². The number of halogens is 2. The van der Waals surface area contributed by atoms with Gasteiger partial charge in [-0.3, -0.25) is 4.31 Å². The Morgan fingerprint density at radius 3 is 2.83 bits per heavy atom. The Kier molecular flexibility index (Phi) is 3.14. The van der Waals surface area contributed by atoms with E-state index in [9.17, 15) is 17.6 Å². The fraction of sp³-hybridized carbons (Fsp3) is 0.300. The summed E-state index contributed by atoms with van der Waals surface area (Å²) in [6.45, 7) is 1.81. The summed E-state index contributed by atoms with van der Waals surface area (Å²) in [5.74, 6) is -1.26. The molecule has 1 heterocycles. The van der Waals surface area contributed by atoms with Crippen molar-refractivity contribution in [2.24, 2.45) is 4.99 Å². The minimum Gasteiger partial charge on any atom is -0.268 e. The quantitative estimate of drug-likeness (QED) is 0.619. The predicted octanol–water partition coefficient (Wildman–Crippen LogP) is 2.12. The molecule has 2 rings (SSSR count). The number of carbonyl (C=O) groups excluding carboxylic acids is 1. The molecule has 0 aromatic heterocycles. The molecule has 18 heavy (non-hydrogen) atoms. The van der Waals surface area contributed by atoms with Gasteiger partial charge in [0.15, 0.2) is 5.82 Å². The van der Waals surface area contributed by atoms with E-state index in [-0.39, 0.29) is 28.5 Å². The second-order valence-corrected chi connectivity index (χ2v) is 5.94. The number of anilines is 1. The zero-order valence-electron chi connectivity index (χ0n) is 9.27. The van der Waals surface area contributed by atoms with E-state index in [1.807, 2.05) is 0 Å². The number of aliphatic imine (C=N–C) groups is 1. The molecule has 96 valence electrons. The van der Waals surface area contributed by atoms with Gasteiger partial charge in [-0.25, -0.2) is 17.6 Å². The molecule has 0 atom stereocenters. The summed E-state index contributed by atoms with van der Waals surface area (Å²) in [5.41, 5.74) is -0.0244. The van der Waals surface area contributed by atoms with Crippen LogP contribution in [0.15, 0.2) is 11.1 Å². The Morgan fingerprint density at radius 1 is 1.61 bits per heavy atom. The van der Waals surface area contributed by atoms with Crippen LogP contribution in [-0.4, -0.2) is 21.0 Å². The normalized spacial score (nSPS) is 16.3. The highest BCUT2D eigenvalue weighted by molar-refractivity contribution is 7.92. The fourth-order valence-corrected chi connectivity index (χ4v) is 4.01. The van der Waals surface area contributed by atoms with Gasteiger partial charge >= 0.3 is 0 Å². The molecule has 0 N–H and O–H groups in total. The van der Waals surface area contributed by atoms with Crippen LogP contribution in [0.1, 0.15) is 12.5 Å². The van der Waals surface area contributed by atoms with Gasteiger partial charge in [0.2, 0.25) is 16.1 Å². The Morgan fingerprint density at radius 2 is 2.28 bits per heavy atom. The third-order valence-electron chi connectivity index (χ3n) is 2.63. The zero-order chi connectivity index (χ0) is 13.5. The van der Waals surface area contributed by atoms with E-state index in [2.05, 4.69) is 4.99 Å². The van der Waals surface area contributed by atoms with Crippen molar-refractivity contribution in [2.75, 3.05) is 10.8 Å². The zero-order valence-corrected chi connectivity index (χ0v) is 10.8. The van der Waals surface area contributed by atoms with Crippen molar-refractivity contribution in [2.45, 2.75) is 12.7 Å². The van der Waals surface area contributed by atoms with E-state index in [0.29, 0.717) is 0 Å². The van der Waals surface area contributed by atoms with Crippen molar-refractivity contribution in [3.8, 4) is 0 Å². The molecule has 1 aliphatic rings. The molecule has 1 aromatic rings. The maximum absolute atomic E-state index is 13.6. The van der Waals surface area contributed by atoms with E-state index < -0.39 is 21.6 Å². The lowest BCUT2D eigenvalue weighted by Crippen LogP contribution is -2.26. The third kappa shape index (κ3) is 1.80. The summed E-state index contributed by atoms with van der Waals surface area (Å²) < 4.78 is 38.4. The Hall–Kier alpha value is -1.43. The van der Waals surface area contributed by atoms with E-state index in [1.54, 1.807) is 6.92 Å². The Balaban J connectivity index is 2.82. The summed E-state index contributed by atoms with van der Waals surface area (Å²) in [4.78, 5) is 13.5. The van der Waals surface area contributed by atoms with Crippen LogP contribution < -0.4 is 4.31 Å². The second-order valence-electron chi connectivity index (χ2n) is 3.64. The van der Waals surface area contributed by atoms with Crippen molar-refractivity contribution in [1.29, 1.82) is 0 Å². The van der Waals surface area contributed by atoms with Crippen molar-refractivity contribution in [3.05, 3.63) is 22.5 Å². The molecule has 0 saturated carbocycles. The first-order valence-corrected chi connectivity index (χ1v) is 7.00. The van der Waals surface area contributed by atoms with Gasteiger partial charge in [-0.15, -0.1) is 0 Å². The smallest absolute Gasteiger partial charge is 0.240 e. The van der Waals surface area contributed by atoms with Crippen LogP contribution >= 0.6 is 11.6 Å². The average molecular weight is 291 g/mol. The van der Waals surface area contributed by atoms with Gasteiger partial charge in [-0.2, -0.15) is 4.99 Å². The molecule has 0 spiro atoms. The van der Waals surface area contributed by atoms with Crippen molar-refractivity contribution in [3.63, 3.8) is 0 Å². The molecule has 1 aliphatic heterocycles. The van der Waals surface area contributed by atoms with Gasteiger partial charge < -0.3 is 0 Å². The molecule has 0 aliphatic carbocycles. The minimum absolute atomic E-state index is 0.0183. The molecule has 0 bridgehead atoms. The van der Waals surface area contributed by atoms with Crippen LogP contribution in [-0.2, 0) is 20.6 Å². The van der Waals surface area contributed by atoms with Crippen LogP contribution in [0, 0.1) is 5.82 Å². The van der Waals surface area contributed by atoms with E-state index >= 15 is 0 Å². The first-order chi connectivity index (χ1) is 8.42. The van der Waals surface area contributed by atoms with Gasteiger partial charge in [0.25, 0.3) is 0 Å². The minimum atomic E-state index is -3.58. The maximum atomic E-state index is 13.6. The van der Waals surface area contributed by atoms with Gasteiger partial charge in [0.05, 0.1) is 16.5 Å². The fourth-order valence-electron chi connectivity index (χ4n) is 1.98. The van der Waals surface area contributed by atoms with Gasteiger partial charge in [0, 0.05) is 12.1 Å². The number of benzene rings is 1. The van der Waals surface area contributed by atoms with Crippen LogP contribution in [0.4, 0.5) is 15.8 Å². The highest BCUT2D eigenvalue weighted by Crippen LogP contribution is 2.45. The number of isocyanates is 1. The Labute approximate surface area is 108 Å². The van der Waals surface area contributed by atoms with E-state index in [4.69, 9.17) is 11.6 Å². The monoisotopic (exact) mass is 290 g/mol. The number of hydrogen-bond donors (Lipinski definition) is 0. The molecule has 8 heteroatoms. The number of fused-ring (bicyclic) bond motifs is 1. The van der Waals surface area contributed by atoms with Gasteiger partial charge in [0.1, 0.15) is 5.69 Å². The number of nitrogens with zero attached hydrogens (tertiary/aromatic N) is 2. The first kappa shape index (κ1) is 13.0. The average Bonchev–Trinajstić information content (AvgIpc) is 2.55. The highest BCUT2D eigenvalue weighted by Gasteiger charge is 2.37. The lowest BCUT2D eigenvalue weighted by molar-refractivity contribution is 0.564. The van der Waals surface area contributed by atoms with Crippen molar-refractivity contribution in [1.82, 2.24) is 0 Å².